The molecule has 2 aromatic rings. The Hall–Kier alpha value is -2.04. The fourth-order valence-corrected chi connectivity index (χ4v) is 1.03. The minimum absolute atomic E-state index is 0.0730. The molecule has 1 heterocycles. The Morgan fingerprint density at radius 3 is 2.85 bits per heavy atom. The number of nitrogens with zero attached hydrogens (tertiary/aromatic N) is 3. The molecule has 0 saturated heterocycles. The Bertz CT molecular complexity index is 410. The van der Waals surface area contributed by atoms with Crippen molar-refractivity contribution in [1.29, 1.82) is 0 Å². The van der Waals surface area contributed by atoms with Crippen molar-refractivity contribution in [3.8, 4) is 11.4 Å². The Balaban J connectivity index is 2.49. The van der Waals surface area contributed by atoms with Gasteiger partial charge in [-0.1, -0.05) is 0 Å². The molecule has 0 saturated carbocycles. The van der Waals surface area contributed by atoms with Crippen molar-refractivity contribution in [2.75, 3.05) is 5.73 Å². The first kappa shape index (κ1) is 7.60. The molecule has 5 nitrogen and oxygen atoms in total. The highest BCUT2D eigenvalue weighted by Crippen LogP contribution is 2.21. The van der Waals surface area contributed by atoms with Gasteiger partial charge in [0, 0.05) is 0 Å². The van der Waals surface area contributed by atoms with Gasteiger partial charge in [0.05, 0.1) is 11.4 Å². The smallest absolute Gasteiger partial charge is 0.138 e. The van der Waals surface area contributed by atoms with Gasteiger partial charge >= 0.3 is 0 Å². The Kier molecular flexibility index (Phi) is 1.63. The molecule has 0 radical (unpaired) electrons. The van der Waals surface area contributed by atoms with Crippen molar-refractivity contribution in [2.24, 2.45) is 0 Å². The normalized spacial score (nSPS) is 10.2. The van der Waals surface area contributed by atoms with Crippen LogP contribution in [0.1, 0.15) is 0 Å². The largest absolute Gasteiger partial charge is 0.506 e. The molecule has 0 aliphatic carbocycles. The number of rotatable bonds is 1. The number of phenolic OH excluding ortho intramolecular Hbond substituents is 1. The lowest BCUT2D eigenvalue weighted by Crippen LogP contribution is -1.95. The van der Waals surface area contributed by atoms with Gasteiger partial charge in [0.1, 0.15) is 18.4 Å². The van der Waals surface area contributed by atoms with E-state index >= 15 is 0 Å². The molecular formula is C8H8N4O. The minimum atomic E-state index is 0.0730. The first-order valence-corrected chi connectivity index (χ1v) is 3.71. The molecule has 0 bridgehead atoms. The zero-order chi connectivity index (χ0) is 9.26. The zero-order valence-corrected chi connectivity index (χ0v) is 6.75. The Morgan fingerprint density at radius 1 is 1.38 bits per heavy atom. The highest BCUT2D eigenvalue weighted by molar-refractivity contribution is 5.57. The maximum atomic E-state index is 9.17. The fourth-order valence-electron chi connectivity index (χ4n) is 1.03. The van der Waals surface area contributed by atoms with E-state index in [0.717, 1.165) is 5.69 Å². The van der Waals surface area contributed by atoms with Gasteiger partial charge in [-0.2, -0.15) is 5.10 Å². The number of hydrogen-bond acceptors (Lipinski definition) is 4. The number of aromatic hydroxyl groups is 1. The van der Waals surface area contributed by atoms with E-state index in [9.17, 15) is 5.11 Å². The van der Waals surface area contributed by atoms with Gasteiger partial charge in [0.2, 0.25) is 0 Å². The summed E-state index contributed by atoms with van der Waals surface area (Å²) in [6.07, 6.45) is 2.99. The van der Waals surface area contributed by atoms with E-state index in [0.29, 0.717) is 5.69 Å². The summed E-state index contributed by atoms with van der Waals surface area (Å²) >= 11 is 0. The van der Waals surface area contributed by atoms with Crippen molar-refractivity contribution >= 4 is 5.69 Å². The van der Waals surface area contributed by atoms with Crippen LogP contribution in [-0.4, -0.2) is 19.9 Å². The van der Waals surface area contributed by atoms with Gasteiger partial charge in [-0.05, 0) is 18.2 Å². The Labute approximate surface area is 74.4 Å². The molecule has 1 aromatic heterocycles. The third-order valence-electron chi connectivity index (χ3n) is 1.69. The van der Waals surface area contributed by atoms with Gasteiger partial charge in [-0.3, -0.25) is 0 Å². The predicted octanol–water partition coefficient (Wildman–Crippen LogP) is 0.555. The number of benzene rings is 1. The number of nitrogen functional groups attached to an aromatic ring is 1. The van der Waals surface area contributed by atoms with E-state index < -0.39 is 0 Å². The molecule has 1 aromatic carbocycles. The summed E-state index contributed by atoms with van der Waals surface area (Å²) in [5, 5.41) is 13.1. The quantitative estimate of drug-likeness (QED) is 0.491. The van der Waals surface area contributed by atoms with Crippen LogP contribution in [0, 0.1) is 0 Å². The topological polar surface area (TPSA) is 77.0 Å². The molecule has 2 rings (SSSR count). The van der Waals surface area contributed by atoms with Crippen LogP contribution in [-0.2, 0) is 0 Å². The molecule has 0 spiro atoms. The number of aromatic nitrogens is 3. The first-order chi connectivity index (χ1) is 6.27. The van der Waals surface area contributed by atoms with Crippen LogP contribution in [0.4, 0.5) is 5.69 Å². The van der Waals surface area contributed by atoms with E-state index in [2.05, 4.69) is 10.1 Å². The SMILES string of the molecule is Nc1cc(-n2cncn2)ccc1O. The first-order valence-electron chi connectivity index (χ1n) is 3.71. The van der Waals surface area contributed by atoms with Crippen molar-refractivity contribution in [3.05, 3.63) is 30.9 Å². The maximum absolute atomic E-state index is 9.17. The minimum Gasteiger partial charge on any atom is -0.506 e. The van der Waals surface area contributed by atoms with E-state index in [4.69, 9.17) is 5.73 Å². The lowest BCUT2D eigenvalue weighted by Gasteiger charge is -2.02. The van der Waals surface area contributed by atoms with Crippen molar-refractivity contribution in [1.82, 2.24) is 14.8 Å². The second-order valence-corrected chi connectivity index (χ2v) is 2.58. The average Bonchev–Trinajstić information content (AvgIpc) is 2.62. The zero-order valence-electron chi connectivity index (χ0n) is 6.75. The average molecular weight is 176 g/mol. The van der Waals surface area contributed by atoms with E-state index in [1.54, 1.807) is 23.1 Å². The monoisotopic (exact) mass is 176 g/mol. The molecular weight excluding hydrogens is 168 g/mol. The van der Waals surface area contributed by atoms with Gasteiger partial charge in [-0.25, -0.2) is 9.67 Å². The molecule has 0 aliphatic heterocycles. The standard InChI is InChI=1S/C8H8N4O/c9-7-3-6(1-2-8(7)13)12-5-10-4-11-12/h1-5,13H,9H2. The number of hydrogen-bond donors (Lipinski definition) is 2. The van der Waals surface area contributed by atoms with Crippen LogP contribution >= 0.6 is 0 Å². The second kappa shape index (κ2) is 2.78. The summed E-state index contributed by atoms with van der Waals surface area (Å²) in [6.45, 7) is 0. The predicted molar refractivity (Wildman–Crippen MR) is 47.4 cm³/mol. The van der Waals surface area contributed by atoms with Crippen LogP contribution < -0.4 is 5.73 Å². The maximum Gasteiger partial charge on any atom is 0.138 e. The van der Waals surface area contributed by atoms with Gasteiger partial charge in [-0.15, -0.1) is 0 Å². The van der Waals surface area contributed by atoms with Crippen LogP contribution in [0.3, 0.4) is 0 Å². The van der Waals surface area contributed by atoms with Crippen molar-refractivity contribution < 1.29 is 5.11 Å². The molecule has 3 N–H and O–H groups in total. The van der Waals surface area contributed by atoms with Crippen LogP contribution in [0.2, 0.25) is 0 Å². The third-order valence-corrected chi connectivity index (χ3v) is 1.69. The Morgan fingerprint density at radius 2 is 2.23 bits per heavy atom. The molecule has 0 atom stereocenters. The summed E-state index contributed by atoms with van der Waals surface area (Å²) in [5.74, 6) is 0.0730. The van der Waals surface area contributed by atoms with Crippen molar-refractivity contribution in [3.63, 3.8) is 0 Å². The van der Waals surface area contributed by atoms with Crippen LogP contribution in [0.5, 0.6) is 5.75 Å². The third kappa shape index (κ3) is 1.31. The molecule has 5 heteroatoms. The summed E-state index contributed by atoms with van der Waals surface area (Å²) in [6, 6.07) is 4.86. The highest BCUT2D eigenvalue weighted by Gasteiger charge is 2.00. The molecule has 66 valence electrons. The van der Waals surface area contributed by atoms with E-state index in [1.807, 2.05) is 0 Å². The number of nitrogens with two attached hydrogens (primary N) is 1. The molecule has 13 heavy (non-hydrogen) atoms. The van der Waals surface area contributed by atoms with E-state index in [-0.39, 0.29) is 5.75 Å². The lowest BCUT2D eigenvalue weighted by molar-refractivity contribution is 0.478. The van der Waals surface area contributed by atoms with E-state index in [1.165, 1.54) is 12.4 Å². The van der Waals surface area contributed by atoms with Gasteiger partial charge < -0.3 is 10.8 Å². The van der Waals surface area contributed by atoms with Crippen LogP contribution in [0.15, 0.2) is 30.9 Å². The van der Waals surface area contributed by atoms with Crippen LogP contribution in [0.25, 0.3) is 5.69 Å². The second-order valence-electron chi connectivity index (χ2n) is 2.58. The van der Waals surface area contributed by atoms with Gasteiger partial charge in [0.25, 0.3) is 0 Å². The van der Waals surface area contributed by atoms with Crippen molar-refractivity contribution in [2.45, 2.75) is 0 Å². The van der Waals surface area contributed by atoms with Gasteiger partial charge in [0.15, 0.2) is 0 Å². The summed E-state index contributed by atoms with van der Waals surface area (Å²) in [7, 11) is 0. The lowest BCUT2D eigenvalue weighted by atomic mass is 10.2. The summed E-state index contributed by atoms with van der Waals surface area (Å²) < 4.78 is 1.57. The molecule has 0 unspecified atom stereocenters. The number of anilines is 1. The number of phenols is 1. The summed E-state index contributed by atoms with van der Waals surface area (Å²) in [5.41, 5.74) is 6.61. The highest BCUT2D eigenvalue weighted by atomic mass is 16.3. The molecule has 0 aliphatic rings. The fraction of sp³-hybridized carbons (Fsp3) is 0. The molecule has 0 amide bonds. The molecule has 0 fully saturated rings. The summed E-state index contributed by atoms with van der Waals surface area (Å²) in [4.78, 5) is 3.80.